The monoisotopic (exact) mass is 495 g/mol. The Balaban J connectivity index is 1.33. The Kier molecular flexibility index (Phi) is 5.60. The zero-order chi connectivity index (χ0) is 25.6. The Morgan fingerprint density at radius 3 is 2.39 bits per heavy atom. The van der Waals surface area contributed by atoms with Gasteiger partial charge in [0.1, 0.15) is 0 Å². The van der Waals surface area contributed by atoms with E-state index >= 15 is 0 Å². The molecule has 0 aromatic carbocycles. The molecule has 0 bridgehead atoms. The number of fused-ring (bicyclic) bond motifs is 7. The van der Waals surface area contributed by atoms with Crippen LogP contribution in [0.5, 0.6) is 0 Å². The Bertz CT molecular complexity index is 1020. The van der Waals surface area contributed by atoms with Gasteiger partial charge in [-0.3, -0.25) is 14.4 Å². The molecule has 0 spiro atoms. The second kappa shape index (κ2) is 8.17. The second-order valence-corrected chi connectivity index (χ2v) is 14.4. The molecule has 1 saturated heterocycles. The number of likely N-dealkylation sites (tertiary alicyclic amines) is 1. The normalized spacial score (nSPS) is 50.5. The molecular weight excluding hydrogens is 450 g/mol. The van der Waals surface area contributed by atoms with Crippen LogP contribution in [0.4, 0.5) is 0 Å². The van der Waals surface area contributed by atoms with Gasteiger partial charge in [-0.15, -0.1) is 0 Å². The highest BCUT2D eigenvalue weighted by Crippen LogP contribution is 2.69. The van der Waals surface area contributed by atoms with Crippen LogP contribution in [0.1, 0.15) is 98.3 Å². The molecule has 0 radical (unpaired) electrons. The minimum absolute atomic E-state index is 0.0261. The number of carbonyl (C=O) groups is 3. The van der Waals surface area contributed by atoms with Gasteiger partial charge in [-0.05, 0) is 110 Å². The number of rotatable bonds is 2. The lowest BCUT2D eigenvalue weighted by Crippen LogP contribution is -2.63. The number of hydrogen-bond donors (Lipinski definition) is 1. The van der Waals surface area contributed by atoms with Crippen molar-refractivity contribution in [2.24, 2.45) is 51.8 Å². The van der Waals surface area contributed by atoms with Crippen LogP contribution in [0.3, 0.4) is 0 Å². The van der Waals surface area contributed by atoms with E-state index in [-0.39, 0.29) is 34.0 Å². The molecule has 6 rings (SSSR count). The zero-order valence-electron chi connectivity index (χ0n) is 22.7. The van der Waals surface area contributed by atoms with Crippen molar-refractivity contribution in [1.82, 2.24) is 4.90 Å². The van der Waals surface area contributed by atoms with Crippen LogP contribution in [0.2, 0.25) is 0 Å². The van der Waals surface area contributed by atoms with Gasteiger partial charge in [-0.2, -0.15) is 0 Å². The van der Waals surface area contributed by atoms with Crippen molar-refractivity contribution >= 4 is 17.7 Å². The molecule has 10 unspecified atom stereocenters. The van der Waals surface area contributed by atoms with E-state index in [0.717, 1.165) is 64.3 Å². The first-order valence-corrected chi connectivity index (χ1v) is 14.8. The van der Waals surface area contributed by atoms with Crippen LogP contribution in [-0.2, 0) is 14.4 Å². The van der Waals surface area contributed by atoms with Gasteiger partial charge in [-0.25, -0.2) is 0 Å². The molecular formula is C31H45NO4. The van der Waals surface area contributed by atoms with E-state index in [9.17, 15) is 19.5 Å². The average molecular weight is 496 g/mol. The lowest BCUT2D eigenvalue weighted by atomic mass is 9.38. The molecule has 1 aliphatic heterocycles. The fourth-order valence-corrected chi connectivity index (χ4v) is 11.0. The van der Waals surface area contributed by atoms with Crippen LogP contribution in [-0.4, -0.2) is 40.3 Å². The largest absolute Gasteiger partial charge is 0.481 e. The molecule has 5 heteroatoms. The summed E-state index contributed by atoms with van der Waals surface area (Å²) < 4.78 is 0. The van der Waals surface area contributed by atoms with Gasteiger partial charge in [0.25, 0.3) is 0 Å². The summed E-state index contributed by atoms with van der Waals surface area (Å²) >= 11 is 0. The average Bonchev–Trinajstić information content (AvgIpc) is 3.23. The van der Waals surface area contributed by atoms with Crippen LogP contribution < -0.4 is 0 Å². The van der Waals surface area contributed by atoms with Gasteiger partial charge >= 0.3 is 5.97 Å². The number of ketones is 1. The van der Waals surface area contributed by atoms with E-state index in [1.165, 1.54) is 5.57 Å². The third-order valence-electron chi connectivity index (χ3n) is 12.9. The third kappa shape index (κ3) is 3.29. The highest BCUT2D eigenvalue weighted by atomic mass is 16.4. The van der Waals surface area contributed by atoms with Crippen molar-refractivity contribution in [2.45, 2.75) is 104 Å². The molecule has 10 atom stereocenters. The quantitative estimate of drug-likeness (QED) is 0.520. The van der Waals surface area contributed by atoms with Crippen molar-refractivity contribution in [2.75, 3.05) is 6.54 Å². The zero-order valence-corrected chi connectivity index (χ0v) is 22.7. The second-order valence-electron chi connectivity index (χ2n) is 14.4. The summed E-state index contributed by atoms with van der Waals surface area (Å²) in [6.45, 7) is 10.4. The van der Waals surface area contributed by atoms with Gasteiger partial charge in [0.05, 0.1) is 5.92 Å². The van der Waals surface area contributed by atoms with Crippen LogP contribution >= 0.6 is 0 Å². The molecule has 1 N–H and O–H groups in total. The van der Waals surface area contributed by atoms with E-state index < -0.39 is 5.97 Å². The molecule has 6 aliphatic rings. The Morgan fingerprint density at radius 1 is 0.972 bits per heavy atom. The van der Waals surface area contributed by atoms with Crippen molar-refractivity contribution in [3.05, 3.63) is 11.6 Å². The Labute approximate surface area is 216 Å². The molecule has 4 saturated carbocycles. The van der Waals surface area contributed by atoms with Gasteiger partial charge in [0, 0.05) is 24.9 Å². The standard InChI is InChI=1S/C31H45NO4/c1-18-21-9-13-31(4)22-8-12-29(2)11-7-19(28(35)36)16-23(29)20(22)17-25(33)27(31)30(21,3)14-10-24(18)32-15-5-6-26(32)34/h17-19,21-24,27H,5-16H2,1-4H3,(H,35,36). The summed E-state index contributed by atoms with van der Waals surface area (Å²) in [4.78, 5) is 40.8. The molecule has 1 amide bonds. The minimum atomic E-state index is -0.666. The molecule has 1 heterocycles. The number of hydrogen-bond acceptors (Lipinski definition) is 3. The van der Waals surface area contributed by atoms with Crippen LogP contribution in [0.15, 0.2) is 11.6 Å². The summed E-state index contributed by atoms with van der Waals surface area (Å²) in [5.74, 6) is 1.28. The maximum Gasteiger partial charge on any atom is 0.306 e. The Hall–Kier alpha value is -1.65. The minimum Gasteiger partial charge on any atom is -0.481 e. The lowest BCUT2D eigenvalue weighted by molar-refractivity contribution is -0.167. The van der Waals surface area contributed by atoms with Crippen molar-refractivity contribution in [1.29, 1.82) is 0 Å². The van der Waals surface area contributed by atoms with Crippen molar-refractivity contribution in [3.63, 3.8) is 0 Å². The first kappa shape index (κ1) is 24.7. The van der Waals surface area contributed by atoms with E-state index in [1.54, 1.807) is 0 Å². The maximum atomic E-state index is 14.2. The molecule has 5 nitrogen and oxygen atoms in total. The predicted molar refractivity (Wildman–Crippen MR) is 138 cm³/mol. The number of aliphatic carboxylic acids is 1. The summed E-state index contributed by atoms with van der Waals surface area (Å²) in [5, 5.41) is 9.79. The highest BCUT2D eigenvalue weighted by molar-refractivity contribution is 5.95. The molecule has 36 heavy (non-hydrogen) atoms. The van der Waals surface area contributed by atoms with E-state index in [4.69, 9.17) is 0 Å². The Morgan fingerprint density at radius 2 is 1.69 bits per heavy atom. The SMILES string of the molecule is CC1C(N2CCCC2=O)CCC2(C)C1CCC1(C)C3CCC4(C)CCC(C(=O)O)CC4C3=CC(=O)C12. The number of allylic oxidation sites excluding steroid dienone is 2. The maximum absolute atomic E-state index is 14.2. The topological polar surface area (TPSA) is 74.7 Å². The molecule has 0 aromatic heterocycles. The van der Waals surface area contributed by atoms with Gasteiger partial charge in [0.2, 0.25) is 5.91 Å². The first-order chi connectivity index (χ1) is 17.0. The summed E-state index contributed by atoms with van der Waals surface area (Å²) in [6.07, 6.45) is 12.7. The van der Waals surface area contributed by atoms with Gasteiger partial charge in [-0.1, -0.05) is 33.3 Å². The van der Waals surface area contributed by atoms with Crippen molar-refractivity contribution in [3.8, 4) is 0 Å². The van der Waals surface area contributed by atoms with Crippen molar-refractivity contribution < 1.29 is 19.5 Å². The summed E-state index contributed by atoms with van der Waals surface area (Å²) in [6, 6.07) is 0.331. The highest BCUT2D eigenvalue weighted by Gasteiger charge is 2.65. The van der Waals surface area contributed by atoms with Crippen LogP contribution in [0, 0.1) is 51.8 Å². The van der Waals surface area contributed by atoms with Gasteiger partial charge < -0.3 is 10.0 Å². The summed E-state index contributed by atoms with van der Waals surface area (Å²) in [7, 11) is 0. The molecule has 0 aromatic rings. The van der Waals surface area contributed by atoms with Crippen LogP contribution in [0.25, 0.3) is 0 Å². The smallest absolute Gasteiger partial charge is 0.306 e. The number of nitrogens with zero attached hydrogens (tertiary/aromatic N) is 1. The molecule has 5 fully saturated rings. The fraction of sp³-hybridized carbons (Fsp3) is 0.839. The van der Waals surface area contributed by atoms with E-state index in [1.807, 2.05) is 6.08 Å². The number of amides is 1. The summed E-state index contributed by atoms with van der Waals surface area (Å²) in [5.41, 5.74) is 1.37. The van der Waals surface area contributed by atoms with Gasteiger partial charge in [0.15, 0.2) is 5.78 Å². The lowest BCUT2D eigenvalue weighted by Gasteiger charge is -2.66. The number of carboxylic acid groups (broad SMARTS) is 1. The first-order valence-electron chi connectivity index (χ1n) is 14.8. The predicted octanol–water partition coefficient (Wildman–Crippen LogP) is 5.87. The number of carbonyl (C=O) groups excluding carboxylic acids is 2. The number of carboxylic acids is 1. The third-order valence-corrected chi connectivity index (χ3v) is 12.9. The van der Waals surface area contributed by atoms with E-state index in [0.29, 0.717) is 48.3 Å². The van der Waals surface area contributed by atoms with E-state index in [2.05, 4.69) is 32.6 Å². The molecule has 5 aliphatic carbocycles. The fourth-order valence-electron chi connectivity index (χ4n) is 11.0. The molecule has 198 valence electrons.